The lowest BCUT2D eigenvalue weighted by atomic mass is 9.94. The highest BCUT2D eigenvalue weighted by molar-refractivity contribution is 4.94. The maximum absolute atomic E-state index is 5.23. The van der Waals surface area contributed by atoms with Gasteiger partial charge in [-0.1, -0.05) is 12.1 Å². The lowest BCUT2D eigenvalue weighted by molar-refractivity contribution is 0.296. The van der Waals surface area contributed by atoms with Crippen LogP contribution in [0.5, 0.6) is 0 Å². The van der Waals surface area contributed by atoms with Crippen LogP contribution in [0.15, 0.2) is 4.52 Å². The van der Waals surface area contributed by atoms with Gasteiger partial charge in [-0.3, -0.25) is 4.90 Å². The van der Waals surface area contributed by atoms with Crippen molar-refractivity contribution in [1.82, 2.24) is 20.4 Å². The molecule has 0 radical (unpaired) electrons. The van der Waals surface area contributed by atoms with Gasteiger partial charge in [-0.05, 0) is 31.7 Å². The summed E-state index contributed by atoms with van der Waals surface area (Å²) in [4.78, 5) is 6.89. The van der Waals surface area contributed by atoms with Gasteiger partial charge in [0.1, 0.15) is 0 Å². The first-order valence-electron chi connectivity index (χ1n) is 7.12. The maximum atomic E-state index is 5.23. The van der Waals surface area contributed by atoms with E-state index in [4.69, 9.17) is 4.52 Å². The smallest absolute Gasteiger partial charge is 0.226 e. The summed E-state index contributed by atoms with van der Waals surface area (Å²) in [5.74, 6) is 2.44. The van der Waals surface area contributed by atoms with Crippen LogP contribution < -0.4 is 5.32 Å². The van der Waals surface area contributed by atoms with Crippen LogP contribution in [-0.4, -0.2) is 40.7 Å². The zero-order chi connectivity index (χ0) is 12.4. The highest BCUT2D eigenvalue weighted by Crippen LogP contribution is 2.25. The van der Waals surface area contributed by atoms with Gasteiger partial charge in [-0.2, -0.15) is 4.98 Å². The number of hydrogen-bond acceptors (Lipinski definition) is 5. The molecule has 0 spiro atoms. The minimum Gasteiger partial charge on any atom is -0.339 e. The first kappa shape index (κ1) is 12.1. The molecule has 5 nitrogen and oxygen atoms in total. The molecule has 0 aliphatic carbocycles. The van der Waals surface area contributed by atoms with Crippen LogP contribution in [0.25, 0.3) is 0 Å². The van der Waals surface area contributed by atoms with Crippen molar-refractivity contribution in [1.29, 1.82) is 0 Å². The van der Waals surface area contributed by atoms with Gasteiger partial charge >= 0.3 is 0 Å². The molecule has 0 bridgehead atoms. The van der Waals surface area contributed by atoms with E-state index in [-0.39, 0.29) is 0 Å². The Kier molecular flexibility index (Phi) is 3.61. The maximum Gasteiger partial charge on any atom is 0.226 e. The van der Waals surface area contributed by atoms with E-state index in [1.165, 1.54) is 25.9 Å². The molecule has 0 aromatic carbocycles. The summed E-state index contributed by atoms with van der Waals surface area (Å²) in [5.41, 5.74) is 0. The van der Waals surface area contributed by atoms with Crippen LogP contribution >= 0.6 is 0 Å². The molecule has 2 aliphatic heterocycles. The predicted octanol–water partition coefficient (Wildman–Crippen LogP) is 1.21. The molecule has 100 valence electrons. The van der Waals surface area contributed by atoms with E-state index >= 15 is 0 Å². The zero-order valence-electron chi connectivity index (χ0n) is 11.1. The number of rotatable bonds is 4. The summed E-state index contributed by atoms with van der Waals surface area (Å²) in [5, 5.41) is 7.68. The molecular weight excluding hydrogens is 228 g/mol. The van der Waals surface area contributed by atoms with Gasteiger partial charge in [0.05, 0.1) is 6.54 Å². The van der Waals surface area contributed by atoms with E-state index in [0.29, 0.717) is 6.04 Å². The summed E-state index contributed by atoms with van der Waals surface area (Å²) in [6.45, 7) is 6.44. The molecule has 1 N–H and O–H groups in total. The van der Waals surface area contributed by atoms with E-state index in [9.17, 15) is 0 Å². The topological polar surface area (TPSA) is 54.2 Å². The van der Waals surface area contributed by atoms with Crippen molar-refractivity contribution in [2.24, 2.45) is 5.92 Å². The number of fused-ring (bicyclic) bond motifs is 1. The Morgan fingerprint density at radius 1 is 1.44 bits per heavy atom. The second kappa shape index (κ2) is 5.36. The molecule has 3 rings (SSSR count). The Hall–Kier alpha value is -0.940. The molecule has 2 atom stereocenters. The van der Waals surface area contributed by atoms with Crippen molar-refractivity contribution >= 4 is 0 Å². The second-order valence-electron chi connectivity index (χ2n) is 5.51. The van der Waals surface area contributed by atoms with Crippen LogP contribution in [-0.2, 0) is 13.0 Å². The van der Waals surface area contributed by atoms with E-state index in [1.54, 1.807) is 0 Å². The fourth-order valence-corrected chi connectivity index (χ4v) is 3.13. The number of piperidine rings is 1. The average molecular weight is 250 g/mol. The lowest BCUT2D eigenvalue weighted by Gasteiger charge is -2.24. The predicted molar refractivity (Wildman–Crippen MR) is 68.1 cm³/mol. The van der Waals surface area contributed by atoms with Crippen molar-refractivity contribution in [3.63, 3.8) is 0 Å². The summed E-state index contributed by atoms with van der Waals surface area (Å²) < 4.78 is 5.23. The molecule has 18 heavy (non-hydrogen) atoms. The van der Waals surface area contributed by atoms with Crippen molar-refractivity contribution in [3.8, 4) is 0 Å². The Bertz CT molecular complexity index is 378. The quantitative estimate of drug-likeness (QED) is 0.870. The van der Waals surface area contributed by atoms with Gasteiger partial charge in [0.15, 0.2) is 5.82 Å². The molecule has 0 amide bonds. The van der Waals surface area contributed by atoms with Gasteiger partial charge in [0.2, 0.25) is 5.89 Å². The molecule has 5 heteroatoms. The molecule has 2 unspecified atom stereocenters. The first-order valence-corrected chi connectivity index (χ1v) is 7.12. The fraction of sp³-hybridized carbons (Fsp3) is 0.846. The van der Waals surface area contributed by atoms with Crippen molar-refractivity contribution < 1.29 is 4.52 Å². The monoisotopic (exact) mass is 250 g/mol. The van der Waals surface area contributed by atoms with Gasteiger partial charge < -0.3 is 9.84 Å². The Labute approximate surface area is 108 Å². The van der Waals surface area contributed by atoms with E-state index < -0.39 is 0 Å². The molecule has 2 fully saturated rings. The Morgan fingerprint density at radius 2 is 2.39 bits per heavy atom. The van der Waals surface area contributed by atoms with Crippen molar-refractivity contribution in [2.45, 2.75) is 45.2 Å². The highest BCUT2D eigenvalue weighted by atomic mass is 16.5. The van der Waals surface area contributed by atoms with Gasteiger partial charge in [0, 0.05) is 25.6 Å². The number of nitrogens with zero attached hydrogens (tertiary/aromatic N) is 3. The minimum absolute atomic E-state index is 0.681. The van der Waals surface area contributed by atoms with Crippen LogP contribution in [0.1, 0.15) is 37.9 Å². The number of aromatic nitrogens is 2. The Morgan fingerprint density at radius 3 is 3.22 bits per heavy atom. The van der Waals surface area contributed by atoms with Crippen molar-refractivity contribution in [2.75, 3.05) is 19.6 Å². The van der Waals surface area contributed by atoms with Gasteiger partial charge in [0.25, 0.3) is 0 Å². The molecule has 1 aromatic heterocycles. The molecule has 2 aliphatic rings. The van der Waals surface area contributed by atoms with Crippen molar-refractivity contribution in [3.05, 3.63) is 11.7 Å². The minimum atomic E-state index is 0.681. The SMILES string of the molecule is CCCc1nc(CN2CC3CCCNC3C2)no1. The normalized spacial score (nSPS) is 28.5. The molecule has 3 heterocycles. The summed E-state index contributed by atoms with van der Waals surface area (Å²) in [6.07, 6.45) is 4.62. The Balaban J connectivity index is 1.56. The standard InChI is InChI=1S/C13H22N4O/c1-2-4-13-15-12(16-18-13)9-17-7-10-5-3-6-14-11(10)8-17/h10-11,14H,2-9H2,1H3. The lowest BCUT2D eigenvalue weighted by Crippen LogP contribution is -2.40. The fourth-order valence-electron chi connectivity index (χ4n) is 3.13. The highest BCUT2D eigenvalue weighted by Gasteiger charge is 2.34. The molecular formula is C13H22N4O. The largest absolute Gasteiger partial charge is 0.339 e. The number of aryl methyl sites for hydroxylation is 1. The third-order valence-electron chi connectivity index (χ3n) is 4.01. The van der Waals surface area contributed by atoms with Crippen LogP contribution in [0.2, 0.25) is 0 Å². The van der Waals surface area contributed by atoms with E-state index in [0.717, 1.165) is 43.6 Å². The van der Waals surface area contributed by atoms with Gasteiger partial charge in [-0.15, -0.1) is 0 Å². The summed E-state index contributed by atoms with van der Waals surface area (Å²) >= 11 is 0. The molecule has 2 saturated heterocycles. The number of nitrogens with one attached hydrogen (secondary N) is 1. The molecule has 0 saturated carbocycles. The zero-order valence-corrected chi connectivity index (χ0v) is 11.1. The second-order valence-corrected chi connectivity index (χ2v) is 5.51. The van der Waals surface area contributed by atoms with E-state index in [2.05, 4.69) is 27.3 Å². The summed E-state index contributed by atoms with van der Waals surface area (Å²) in [6, 6.07) is 0.681. The third-order valence-corrected chi connectivity index (χ3v) is 4.01. The van der Waals surface area contributed by atoms with Gasteiger partial charge in [-0.25, -0.2) is 0 Å². The first-order chi connectivity index (χ1) is 8.85. The third kappa shape index (κ3) is 2.57. The summed E-state index contributed by atoms with van der Waals surface area (Å²) in [7, 11) is 0. The van der Waals surface area contributed by atoms with Crippen LogP contribution in [0, 0.1) is 5.92 Å². The van der Waals surface area contributed by atoms with Crippen LogP contribution in [0.4, 0.5) is 0 Å². The average Bonchev–Trinajstić information content (AvgIpc) is 2.96. The van der Waals surface area contributed by atoms with E-state index in [1.807, 2.05) is 0 Å². The number of hydrogen-bond donors (Lipinski definition) is 1. The van der Waals surface area contributed by atoms with Crippen LogP contribution in [0.3, 0.4) is 0 Å². The number of likely N-dealkylation sites (tertiary alicyclic amines) is 1. The molecule has 1 aromatic rings.